The molecule has 0 saturated heterocycles. The second kappa shape index (κ2) is 9.79. The number of halogens is 1. The summed E-state index contributed by atoms with van der Waals surface area (Å²) in [5, 5.41) is 3.86. The summed E-state index contributed by atoms with van der Waals surface area (Å²) in [6.45, 7) is 1.32. The first kappa shape index (κ1) is 18.9. The molecule has 3 N–H and O–H groups in total. The standard InChI is InChI=1S/C19H24ClN3O2/c1-24-17-7-6-15(13-18(17)25-2)9-11-23-19(21)22-10-8-14-4-3-5-16(20)12-14/h3-7,12-13H,8-11H2,1-2H3,(H3,21,22,23). The predicted molar refractivity (Wildman–Crippen MR) is 103 cm³/mol. The van der Waals surface area contributed by atoms with Crippen LogP contribution in [0.5, 0.6) is 11.5 Å². The van der Waals surface area contributed by atoms with Gasteiger partial charge in [-0.1, -0.05) is 29.8 Å². The molecule has 6 heteroatoms. The molecule has 2 aromatic rings. The van der Waals surface area contributed by atoms with Gasteiger partial charge < -0.3 is 20.5 Å². The van der Waals surface area contributed by atoms with E-state index in [0.717, 1.165) is 40.5 Å². The molecule has 0 heterocycles. The van der Waals surface area contributed by atoms with Crippen molar-refractivity contribution in [2.75, 3.05) is 27.3 Å². The first-order chi connectivity index (χ1) is 12.1. The van der Waals surface area contributed by atoms with E-state index in [1.165, 1.54) is 0 Å². The Morgan fingerprint density at radius 3 is 2.52 bits per heavy atom. The number of guanidine groups is 1. The van der Waals surface area contributed by atoms with Crippen LogP contribution in [0.4, 0.5) is 0 Å². The molecule has 0 radical (unpaired) electrons. The number of nitrogens with zero attached hydrogens (tertiary/aromatic N) is 1. The molecule has 0 spiro atoms. The summed E-state index contributed by atoms with van der Waals surface area (Å²) >= 11 is 5.97. The lowest BCUT2D eigenvalue weighted by Crippen LogP contribution is -2.33. The molecule has 0 amide bonds. The normalized spacial score (nSPS) is 11.2. The van der Waals surface area contributed by atoms with Gasteiger partial charge in [-0.3, -0.25) is 4.99 Å². The van der Waals surface area contributed by atoms with E-state index in [0.29, 0.717) is 19.0 Å². The summed E-state index contributed by atoms with van der Waals surface area (Å²) in [6, 6.07) is 13.6. The number of nitrogens with one attached hydrogen (secondary N) is 1. The van der Waals surface area contributed by atoms with Gasteiger partial charge in [-0.15, -0.1) is 0 Å². The van der Waals surface area contributed by atoms with Crippen molar-refractivity contribution in [2.24, 2.45) is 10.7 Å². The zero-order chi connectivity index (χ0) is 18.1. The molecule has 0 aliphatic rings. The van der Waals surface area contributed by atoms with Crippen molar-refractivity contribution >= 4 is 17.6 Å². The lowest BCUT2D eigenvalue weighted by molar-refractivity contribution is 0.354. The summed E-state index contributed by atoms with van der Waals surface area (Å²) < 4.78 is 10.5. The second-order valence-corrected chi connectivity index (χ2v) is 5.95. The van der Waals surface area contributed by atoms with Crippen LogP contribution in [0.2, 0.25) is 5.02 Å². The second-order valence-electron chi connectivity index (χ2n) is 5.51. The molecule has 25 heavy (non-hydrogen) atoms. The fraction of sp³-hybridized carbons (Fsp3) is 0.316. The number of methoxy groups -OCH3 is 2. The van der Waals surface area contributed by atoms with Crippen molar-refractivity contribution in [3.8, 4) is 11.5 Å². The monoisotopic (exact) mass is 361 g/mol. The van der Waals surface area contributed by atoms with Crippen LogP contribution >= 0.6 is 11.6 Å². The number of ether oxygens (including phenoxy) is 2. The summed E-state index contributed by atoms with van der Waals surface area (Å²) in [5.74, 6) is 1.89. The third-order valence-corrected chi connectivity index (χ3v) is 3.97. The quantitative estimate of drug-likeness (QED) is 0.560. The van der Waals surface area contributed by atoms with Crippen LogP contribution < -0.4 is 20.5 Å². The molecule has 0 saturated carbocycles. The number of hydrogen-bond donors (Lipinski definition) is 2. The summed E-state index contributed by atoms with van der Waals surface area (Å²) in [4.78, 5) is 4.35. The molecular formula is C19H24ClN3O2. The van der Waals surface area contributed by atoms with E-state index in [2.05, 4.69) is 10.3 Å². The van der Waals surface area contributed by atoms with E-state index >= 15 is 0 Å². The lowest BCUT2D eigenvalue weighted by Gasteiger charge is -2.09. The van der Waals surface area contributed by atoms with Gasteiger partial charge in [0.05, 0.1) is 14.2 Å². The predicted octanol–water partition coefficient (Wildman–Crippen LogP) is 3.05. The summed E-state index contributed by atoms with van der Waals surface area (Å²) in [5.41, 5.74) is 8.19. The van der Waals surface area contributed by atoms with Crippen molar-refractivity contribution in [3.63, 3.8) is 0 Å². The van der Waals surface area contributed by atoms with E-state index in [4.69, 9.17) is 26.8 Å². The Labute approximate surface area is 153 Å². The minimum Gasteiger partial charge on any atom is -0.493 e. The van der Waals surface area contributed by atoms with Crippen LogP contribution in [-0.2, 0) is 12.8 Å². The van der Waals surface area contributed by atoms with Crippen LogP contribution in [-0.4, -0.2) is 33.3 Å². The van der Waals surface area contributed by atoms with Gasteiger partial charge in [0.2, 0.25) is 0 Å². The number of nitrogens with two attached hydrogens (primary N) is 1. The maximum absolute atomic E-state index is 5.97. The van der Waals surface area contributed by atoms with E-state index in [1.54, 1.807) is 14.2 Å². The largest absolute Gasteiger partial charge is 0.493 e. The topological polar surface area (TPSA) is 68.9 Å². The lowest BCUT2D eigenvalue weighted by atomic mass is 10.1. The van der Waals surface area contributed by atoms with Crippen LogP contribution in [0.1, 0.15) is 11.1 Å². The third kappa shape index (κ3) is 6.19. The molecule has 0 bridgehead atoms. The molecule has 134 valence electrons. The average Bonchev–Trinajstić information content (AvgIpc) is 2.61. The van der Waals surface area contributed by atoms with E-state index in [1.807, 2.05) is 42.5 Å². The number of benzene rings is 2. The van der Waals surface area contributed by atoms with Gasteiger partial charge in [-0.05, 0) is 48.2 Å². The molecular weight excluding hydrogens is 338 g/mol. The SMILES string of the molecule is COc1ccc(CCN=C(N)NCCc2cccc(Cl)c2)cc1OC. The van der Waals surface area contributed by atoms with E-state index in [-0.39, 0.29) is 0 Å². The minimum absolute atomic E-state index is 0.447. The van der Waals surface area contributed by atoms with Crippen molar-refractivity contribution in [2.45, 2.75) is 12.8 Å². The Balaban J connectivity index is 1.77. The number of hydrogen-bond acceptors (Lipinski definition) is 3. The first-order valence-electron chi connectivity index (χ1n) is 8.11. The molecule has 5 nitrogen and oxygen atoms in total. The Kier molecular flexibility index (Phi) is 7.41. The van der Waals surface area contributed by atoms with Crippen LogP contribution in [0.3, 0.4) is 0 Å². The minimum atomic E-state index is 0.447. The van der Waals surface area contributed by atoms with Gasteiger partial charge in [0.15, 0.2) is 17.5 Å². The third-order valence-electron chi connectivity index (χ3n) is 3.74. The molecule has 0 fully saturated rings. The summed E-state index contributed by atoms with van der Waals surface area (Å²) in [7, 11) is 3.25. The van der Waals surface area contributed by atoms with Gasteiger partial charge in [0, 0.05) is 18.1 Å². The average molecular weight is 362 g/mol. The Morgan fingerprint density at radius 1 is 1.04 bits per heavy atom. The van der Waals surface area contributed by atoms with Crippen LogP contribution in [0, 0.1) is 0 Å². The zero-order valence-corrected chi connectivity index (χ0v) is 15.3. The highest BCUT2D eigenvalue weighted by molar-refractivity contribution is 6.30. The molecule has 0 atom stereocenters. The van der Waals surface area contributed by atoms with Gasteiger partial charge >= 0.3 is 0 Å². The molecule has 0 aliphatic carbocycles. The van der Waals surface area contributed by atoms with Crippen molar-refractivity contribution in [1.82, 2.24) is 5.32 Å². The molecule has 0 aliphatic heterocycles. The first-order valence-corrected chi connectivity index (χ1v) is 8.49. The van der Waals surface area contributed by atoms with Crippen LogP contribution in [0.15, 0.2) is 47.5 Å². The van der Waals surface area contributed by atoms with Crippen molar-refractivity contribution in [1.29, 1.82) is 0 Å². The highest BCUT2D eigenvalue weighted by Gasteiger charge is 2.04. The Morgan fingerprint density at radius 2 is 1.80 bits per heavy atom. The van der Waals surface area contributed by atoms with Gasteiger partial charge in [-0.25, -0.2) is 0 Å². The van der Waals surface area contributed by atoms with Crippen LogP contribution in [0.25, 0.3) is 0 Å². The number of rotatable bonds is 8. The van der Waals surface area contributed by atoms with E-state index in [9.17, 15) is 0 Å². The highest BCUT2D eigenvalue weighted by Crippen LogP contribution is 2.27. The Hall–Kier alpha value is -2.40. The molecule has 2 rings (SSSR count). The smallest absolute Gasteiger partial charge is 0.188 e. The molecule has 0 unspecified atom stereocenters. The van der Waals surface area contributed by atoms with E-state index < -0.39 is 0 Å². The maximum Gasteiger partial charge on any atom is 0.188 e. The zero-order valence-electron chi connectivity index (χ0n) is 14.6. The fourth-order valence-corrected chi connectivity index (χ4v) is 2.64. The fourth-order valence-electron chi connectivity index (χ4n) is 2.42. The van der Waals surface area contributed by atoms with Crippen molar-refractivity contribution in [3.05, 3.63) is 58.6 Å². The maximum atomic E-state index is 5.97. The molecule has 0 aromatic heterocycles. The van der Waals surface area contributed by atoms with Gasteiger partial charge in [0.1, 0.15) is 0 Å². The highest BCUT2D eigenvalue weighted by atomic mass is 35.5. The number of aliphatic imine (C=N–C) groups is 1. The summed E-state index contributed by atoms with van der Waals surface area (Å²) in [6.07, 6.45) is 1.61. The van der Waals surface area contributed by atoms with Crippen molar-refractivity contribution < 1.29 is 9.47 Å². The molecule has 2 aromatic carbocycles. The van der Waals surface area contributed by atoms with Gasteiger partial charge in [0.25, 0.3) is 0 Å². The van der Waals surface area contributed by atoms with Gasteiger partial charge in [-0.2, -0.15) is 0 Å². The Bertz CT molecular complexity index is 720.